The number of anilines is 4. The lowest BCUT2D eigenvalue weighted by atomic mass is 10.1. The molecule has 0 spiro atoms. The van der Waals surface area contributed by atoms with Crippen LogP contribution >= 0.6 is 0 Å². The van der Waals surface area contributed by atoms with Gasteiger partial charge in [-0.2, -0.15) is 0 Å². The summed E-state index contributed by atoms with van der Waals surface area (Å²) in [6, 6.07) is 9.33. The first kappa shape index (κ1) is 22.4. The number of carbonyl (C=O) groups is 1. The maximum absolute atomic E-state index is 11.7. The van der Waals surface area contributed by atoms with Gasteiger partial charge in [-0.3, -0.25) is 14.8 Å². The minimum atomic E-state index is -0.289. The molecule has 176 valence electrons. The van der Waals surface area contributed by atoms with Crippen molar-refractivity contribution in [3.8, 4) is 11.3 Å². The second kappa shape index (κ2) is 9.82. The van der Waals surface area contributed by atoms with Crippen LogP contribution in [0.2, 0.25) is 0 Å². The average Bonchev–Trinajstić information content (AvgIpc) is 2.89. The molecule has 0 aliphatic carbocycles. The minimum Gasteiger partial charge on any atom is -0.354 e. The first-order valence-corrected chi connectivity index (χ1v) is 11.3. The fourth-order valence-corrected chi connectivity index (χ4v) is 3.87. The van der Waals surface area contributed by atoms with Crippen molar-refractivity contribution in [2.45, 2.75) is 0 Å². The van der Waals surface area contributed by atoms with Gasteiger partial charge in [-0.15, -0.1) is 0 Å². The summed E-state index contributed by atoms with van der Waals surface area (Å²) in [6.45, 7) is 7.47. The first-order valence-electron chi connectivity index (χ1n) is 11.3. The highest BCUT2D eigenvalue weighted by molar-refractivity contribution is 5.99. The molecule has 0 saturated carbocycles. The molecule has 0 unspecified atom stereocenters. The number of amides is 1. The van der Waals surface area contributed by atoms with E-state index in [2.05, 4.69) is 54.0 Å². The van der Waals surface area contributed by atoms with E-state index in [1.807, 2.05) is 18.2 Å². The zero-order valence-electron chi connectivity index (χ0n) is 19.3. The van der Waals surface area contributed by atoms with Gasteiger partial charge in [0.25, 0.3) is 0 Å². The van der Waals surface area contributed by atoms with Crippen LogP contribution in [0.15, 0.2) is 67.8 Å². The van der Waals surface area contributed by atoms with E-state index in [0.29, 0.717) is 28.4 Å². The number of pyridine rings is 3. The van der Waals surface area contributed by atoms with Crippen molar-refractivity contribution < 1.29 is 4.79 Å². The monoisotopic (exact) mass is 467 g/mol. The molecule has 4 aromatic rings. The van der Waals surface area contributed by atoms with Gasteiger partial charge in [0.15, 0.2) is 0 Å². The summed E-state index contributed by atoms with van der Waals surface area (Å²) in [5.41, 5.74) is 4.12. The second-order valence-corrected chi connectivity index (χ2v) is 8.23. The number of nitrogens with zero attached hydrogens (tertiary/aromatic N) is 7. The normalized spacial score (nSPS) is 14.0. The van der Waals surface area contributed by atoms with Gasteiger partial charge in [0.1, 0.15) is 16.9 Å². The Morgan fingerprint density at radius 1 is 0.971 bits per heavy atom. The first-order chi connectivity index (χ1) is 17.1. The summed E-state index contributed by atoms with van der Waals surface area (Å²) >= 11 is 0. The highest BCUT2D eigenvalue weighted by Crippen LogP contribution is 2.27. The average molecular weight is 468 g/mol. The summed E-state index contributed by atoms with van der Waals surface area (Å²) in [7, 11) is 2.13. The maximum atomic E-state index is 11.7. The zero-order valence-corrected chi connectivity index (χ0v) is 19.3. The number of fused-ring (bicyclic) bond motifs is 1. The molecule has 1 aliphatic heterocycles. The molecule has 35 heavy (non-hydrogen) atoms. The standard InChI is InChI=1S/C25H25N9O/c1-3-23(35)30-17-6-8-26-20(14-17)19-7-9-27-21-16-29-25(32-24(19)21)31-18-4-5-22(28-15-18)34-12-10-33(2)11-13-34/h3-9,14-16H,1,10-13H2,2H3,(H,26,30,35)(H,29,31,32). The Bertz CT molecular complexity index is 1370. The van der Waals surface area contributed by atoms with Crippen LogP contribution in [0.5, 0.6) is 0 Å². The van der Waals surface area contributed by atoms with Crippen LogP contribution in [0.25, 0.3) is 22.3 Å². The van der Waals surface area contributed by atoms with Crippen molar-refractivity contribution in [1.29, 1.82) is 0 Å². The van der Waals surface area contributed by atoms with Gasteiger partial charge in [0, 0.05) is 49.8 Å². The lowest BCUT2D eigenvalue weighted by Gasteiger charge is -2.33. The summed E-state index contributed by atoms with van der Waals surface area (Å²) in [5, 5.41) is 5.98. The van der Waals surface area contributed by atoms with Gasteiger partial charge in [-0.1, -0.05) is 6.58 Å². The molecule has 0 aromatic carbocycles. The molecule has 0 radical (unpaired) electrons. The van der Waals surface area contributed by atoms with E-state index >= 15 is 0 Å². The third kappa shape index (κ3) is 5.07. The molecule has 5 rings (SSSR count). The van der Waals surface area contributed by atoms with Crippen LogP contribution < -0.4 is 15.5 Å². The molecular formula is C25H25N9O. The highest BCUT2D eigenvalue weighted by Gasteiger charge is 2.15. The van der Waals surface area contributed by atoms with Gasteiger partial charge in [-0.25, -0.2) is 15.0 Å². The van der Waals surface area contributed by atoms with Crippen molar-refractivity contribution in [3.05, 3.63) is 67.8 Å². The smallest absolute Gasteiger partial charge is 0.247 e. The third-order valence-corrected chi connectivity index (χ3v) is 5.80. The zero-order chi connectivity index (χ0) is 24.2. The van der Waals surface area contributed by atoms with Gasteiger partial charge >= 0.3 is 0 Å². The molecular weight excluding hydrogens is 442 g/mol. The van der Waals surface area contributed by atoms with E-state index in [4.69, 9.17) is 4.98 Å². The molecule has 1 saturated heterocycles. The predicted molar refractivity (Wildman–Crippen MR) is 137 cm³/mol. The van der Waals surface area contributed by atoms with Gasteiger partial charge < -0.3 is 20.4 Å². The van der Waals surface area contributed by atoms with E-state index in [-0.39, 0.29) is 5.91 Å². The molecule has 0 atom stereocenters. The highest BCUT2D eigenvalue weighted by atomic mass is 16.1. The molecule has 10 heteroatoms. The number of carbonyl (C=O) groups excluding carboxylic acids is 1. The molecule has 0 bridgehead atoms. The van der Waals surface area contributed by atoms with Gasteiger partial charge in [0.05, 0.1) is 23.8 Å². The summed E-state index contributed by atoms with van der Waals surface area (Å²) < 4.78 is 0. The van der Waals surface area contributed by atoms with Crippen LogP contribution in [0.1, 0.15) is 0 Å². The summed E-state index contributed by atoms with van der Waals surface area (Å²) in [6.07, 6.45) is 8.00. The van der Waals surface area contributed by atoms with Crippen molar-refractivity contribution in [2.75, 3.05) is 48.8 Å². The Hall–Kier alpha value is -4.44. The molecule has 5 heterocycles. The molecule has 4 aromatic heterocycles. The van der Waals surface area contributed by atoms with Crippen molar-refractivity contribution in [2.24, 2.45) is 0 Å². The van der Waals surface area contributed by atoms with E-state index in [1.165, 1.54) is 6.08 Å². The minimum absolute atomic E-state index is 0.289. The van der Waals surface area contributed by atoms with E-state index in [9.17, 15) is 4.79 Å². The number of aromatic nitrogens is 5. The lowest BCUT2D eigenvalue weighted by molar-refractivity contribution is -0.111. The Balaban J connectivity index is 1.39. The fraction of sp³-hybridized carbons (Fsp3) is 0.200. The molecule has 1 aliphatic rings. The lowest BCUT2D eigenvalue weighted by Crippen LogP contribution is -2.44. The number of hydrogen-bond donors (Lipinski definition) is 2. The number of hydrogen-bond acceptors (Lipinski definition) is 9. The van der Waals surface area contributed by atoms with Crippen LogP contribution in [0, 0.1) is 0 Å². The number of nitrogens with one attached hydrogen (secondary N) is 2. The van der Waals surface area contributed by atoms with E-state index in [0.717, 1.165) is 43.2 Å². The van der Waals surface area contributed by atoms with Crippen molar-refractivity contribution in [1.82, 2.24) is 29.8 Å². The van der Waals surface area contributed by atoms with Gasteiger partial charge in [-0.05, 0) is 43.5 Å². The Morgan fingerprint density at radius 3 is 2.57 bits per heavy atom. The van der Waals surface area contributed by atoms with Crippen LogP contribution in [-0.2, 0) is 4.79 Å². The molecule has 1 amide bonds. The summed E-state index contributed by atoms with van der Waals surface area (Å²) in [5.74, 6) is 1.10. The Morgan fingerprint density at radius 2 is 1.80 bits per heavy atom. The van der Waals surface area contributed by atoms with Gasteiger partial charge in [0.2, 0.25) is 11.9 Å². The quantitative estimate of drug-likeness (QED) is 0.413. The number of likely N-dealkylation sites (N-methyl/N-ethyl adjacent to an activating group) is 1. The fourth-order valence-electron chi connectivity index (χ4n) is 3.87. The van der Waals surface area contributed by atoms with Crippen molar-refractivity contribution >= 4 is 40.1 Å². The van der Waals surface area contributed by atoms with Crippen LogP contribution in [-0.4, -0.2) is 69.0 Å². The molecule has 2 N–H and O–H groups in total. The predicted octanol–water partition coefficient (Wildman–Crippen LogP) is 3.10. The Kier molecular flexibility index (Phi) is 6.27. The largest absolute Gasteiger partial charge is 0.354 e. The summed E-state index contributed by atoms with van der Waals surface area (Å²) in [4.78, 5) is 38.9. The topological polar surface area (TPSA) is 112 Å². The van der Waals surface area contributed by atoms with E-state index in [1.54, 1.807) is 36.9 Å². The van der Waals surface area contributed by atoms with Crippen LogP contribution in [0.3, 0.4) is 0 Å². The van der Waals surface area contributed by atoms with E-state index < -0.39 is 0 Å². The maximum Gasteiger partial charge on any atom is 0.247 e. The second-order valence-electron chi connectivity index (χ2n) is 8.23. The van der Waals surface area contributed by atoms with Crippen LogP contribution in [0.4, 0.5) is 23.1 Å². The molecule has 1 fully saturated rings. The molecule has 10 nitrogen and oxygen atoms in total. The third-order valence-electron chi connectivity index (χ3n) is 5.80. The Labute approximate surface area is 202 Å². The number of rotatable bonds is 6. The van der Waals surface area contributed by atoms with Crippen molar-refractivity contribution in [3.63, 3.8) is 0 Å². The SMILES string of the molecule is C=CC(=O)Nc1ccnc(-c2ccnc3cnc(Nc4ccc(N5CCN(C)CC5)nc4)nc23)c1. The number of piperazine rings is 1.